The van der Waals surface area contributed by atoms with Gasteiger partial charge < -0.3 is 24.8 Å². The Morgan fingerprint density at radius 2 is 1.67 bits per heavy atom. The van der Waals surface area contributed by atoms with Gasteiger partial charge in [0.05, 0.1) is 14.2 Å². The van der Waals surface area contributed by atoms with Gasteiger partial charge in [0.1, 0.15) is 24.1 Å². The van der Waals surface area contributed by atoms with Crippen LogP contribution in [0.3, 0.4) is 0 Å². The summed E-state index contributed by atoms with van der Waals surface area (Å²) >= 11 is 0. The number of nitrogens with zero attached hydrogens (tertiary/aromatic N) is 1. The van der Waals surface area contributed by atoms with E-state index in [0.717, 1.165) is 0 Å². The Labute approximate surface area is 159 Å². The standard InChI is InChI=1S/C19H28N2O6/c1-6-7-21(11-16(22)23)19(25)17(12(2)3)20-18(24)13-8-14(26-4)10-15(9-13)27-5/h8-10,12,17H,6-7,11H2,1-5H3,(H,20,24)(H,22,23). The van der Waals surface area contributed by atoms with Gasteiger partial charge in [0.15, 0.2) is 0 Å². The van der Waals surface area contributed by atoms with Gasteiger partial charge in [-0.1, -0.05) is 20.8 Å². The molecule has 0 spiro atoms. The van der Waals surface area contributed by atoms with E-state index in [1.165, 1.54) is 19.1 Å². The van der Waals surface area contributed by atoms with Crippen LogP contribution < -0.4 is 14.8 Å². The van der Waals surface area contributed by atoms with Gasteiger partial charge in [-0.15, -0.1) is 0 Å². The molecule has 1 unspecified atom stereocenters. The van der Waals surface area contributed by atoms with E-state index in [1.54, 1.807) is 32.0 Å². The average molecular weight is 380 g/mol. The van der Waals surface area contributed by atoms with Gasteiger partial charge >= 0.3 is 5.97 Å². The number of carboxylic acids is 1. The van der Waals surface area contributed by atoms with Crippen LogP contribution in [0.25, 0.3) is 0 Å². The highest BCUT2D eigenvalue weighted by atomic mass is 16.5. The van der Waals surface area contributed by atoms with Crippen molar-refractivity contribution in [2.24, 2.45) is 5.92 Å². The summed E-state index contributed by atoms with van der Waals surface area (Å²) in [6.45, 7) is 5.34. The number of amides is 2. The summed E-state index contributed by atoms with van der Waals surface area (Å²) in [7, 11) is 2.96. The van der Waals surface area contributed by atoms with Gasteiger partial charge in [0.2, 0.25) is 5.91 Å². The van der Waals surface area contributed by atoms with Gasteiger partial charge in [0, 0.05) is 18.2 Å². The molecule has 2 N–H and O–H groups in total. The Hall–Kier alpha value is -2.77. The molecule has 1 rings (SSSR count). The van der Waals surface area contributed by atoms with Crippen molar-refractivity contribution in [2.45, 2.75) is 33.2 Å². The minimum Gasteiger partial charge on any atom is -0.497 e. The fourth-order valence-corrected chi connectivity index (χ4v) is 2.57. The fraction of sp³-hybridized carbons (Fsp3) is 0.526. The van der Waals surface area contributed by atoms with E-state index in [1.807, 2.05) is 6.92 Å². The third kappa shape index (κ3) is 6.47. The second-order valence-electron chi connectivity index (χ2n) is 6.45. The molecule has 0 aliphatic rings. The molecule has 0 aromatic heterocycles. The highest BCUT2D eigenvalue weighted by Crippen LogP contribution is 2.22. The fourth-order valence-electron chi connectivity index (χ4n) is 2.57. The molecule has 0 saturated heterocycles. The van der Waals surface area contributed by atoms with E-state index < -0.39 is 30.4 Å². The largest absolute Gasteiger partial charge is 0.497 e. The van der Waals surface area contributed by atoms with Crippen LogP contribution in [0.1, 0.15) is 37.6 Å². The van der Waals surface area contributed by atoms with Crippen molar-refractivity contribution in [3.63, 3.8) is 0 Å². The minimum atomic E-state index is -1.09. The second-order valence-corrected chi connectivity index (χ2v) is 6.45. The van der Waals surface area contributed by atoms with Crippen molar-refractivity contribution in [2.75, 3.05) is 27.3 Å². The van der Waals surface area contributed by atoms with E-state index in [0.29, 0.717) is 24.5 Å². The quantitative estimate of drug-likeness (QED) is 0.641. The molecule has 8 nitrogen and oxygen atoms in total. The van der Waals surface area contributed by atoms with Crippen LogP contribution in [0.4, 0.5) is 0 Å². The molecule has 0 fully saturated rings. The summed E-state index contributed by atoms with van der Waals surface area (Å²) in [6, 6.07) is 3.87. The third-order valence-electron chi connectivity index (χ3n) is 3.96. The number of hydrogen-bond acceptors (Lipinski definition) is 5. The SMILES string of the molecule is CCCN(CC(=O)O)C(=O)C(NC(=O)c1cc(OC)cc(OC)c1)C(C)C. The molecule has 0 aliphatic carbocycles. The third-order valence-corrected chi connectivity index (χ3v) is 3.96. The van der Waals surface area contributed by atoms with Crippen LogP contribution in [0.15, 0.2) is 18.2 Å². The molecular formula is C19H28N2O6. The Bertz CT molecular complexity index is 652. The lowest BCUT2D eigenvalue weighted by atomic mass is 10.0. The summed E-state index contributed by atoms with van der Waals surface area (Å²) < 4.78 is 10.3. The predicted octanol–water partition coefficient (Wildman–Crippen LogP) is 1.78. The van der Waals surface area contributed by atoms with Crippen LogP contribution in [0, 0.1) is 5.92 Å². The normalized spacial score (nSPS) is 11.6. The summed E-state index contributed by atoms with van der Waals surface area (Å²) in [5.74, 6) is -1.30. The van der Waals surface area contributed by atoms with Crippen LogP contribution in [0.5, 0.6) is 11.5 Å². The molecule has 1 aromatic carbocycles. The van der Waals surface area contributed by atoms with Crippen molar-refractivity contribution in [3.8, 4) is 11.5 Å². The molecule has 0 aliphatic heterocycles. The van der Waals surface area contributed by atoms with Gasteiger partial charge in [-0.3, -0.25) is 14.4 Å². The lowest BCUT2D eigenvalue weighted by Crippen LogP contribution is -2.52. The van der Waals surface area contributed by atoms with Crippen molar-refractivity contribution in [1.82, 2.24) is 10.2 Å². The van der Waals surface area contributed by atoms with Crippen molar-refractivity contribution < 1.29 is 29.0 Å². The number of carboxylic acid groups (broad SMARTS) is 1. The Balaban J connectivity index is 3.06. The highest BCUT2D eigenvalue weighted by molar-refractivity contribution is 5.98. The number of hydrogen-bond donors (Lipinski definition) is 2. The molecule has 150 valence electrons. The van der Waals surface area contributed by atoms with Crippen LogP contribution in [-0.4, -0.2) is 61.1 Å². The Morgan fingerprint density at radius 3 is 2.07 bits per heavy atom. The summed E-state index contributed by atoms with van der Waals surface area (Å²) in [6.07, 6.45) is 0.616. The first kappa shape index (κ1) is 22.3. The molecular weight excluding hydrogens is 352 g/mol. The molecule has 1 aromatic rings. The number of aliphatic carboxylic acids is 1. The average Bonchev–Trinajstić information content (AvgIpc) is 2.63. The topological polar surface area (TPSA) is 105 Å². The van der Waals surface area contributed by atoms with Crippen LogP contribution in [-0.2, 0) is 9.59 Å². The number of rotatable bonds is 10. The number of nitrogens with one attached hydrogen (secondary N) is 1. The van der Waals surface area contributed by atoms with Crippen molar-refractivity contribution in [1.29, 1.82) is 0 Å². The predicted molar refractivity (Wildman–Crippen MR) is 100 cm³/mol. The van der Waals surface area contributed by atoms with Gasteiger partial charge in [0.25, 0.3) is 5.91 Å². The van der Waals surface area contributed by atoms with E-state index >= 15 is 0 Å². The molecule has 0 bridgehead atoms. The zero-order chi connectivity index (χ0) is 20.6. The minimum absolute atomic E-state index is 0.220. The first-order valence-corrected chi connectivity index (χ1v) is 8.77. The van der Waals surface area contributed by atoms with Gasteiger partial charge in [-0.05, 0) is 24.5 Å². The Morgan fingerprint density at radius 1 is 1.11 bits per heavy atom. The van der Waals surface area contributed by atoms with E-state index in [2.05, 4.69) is 5.32 Å². The first-order chi connectivity index (χ1) is 12.7. The van der Waals surface area contributed by atoms with Crippen LogP contribution >= 0.6 is 0 Å². The Kier molecular flexibility index (Phi) is 8.58. The highest BCUT2D eigenvalue weighted by Gasteiger charge is 2.30. The maximum atomic E-state index is 12.8. The zero-order valence-electron chi connectivity index (χ0n) is 16.4. The van der Waals surface area contributed by atoms with E-state index in [9.17, 15) is 14.4 Å². The maximum absolute atomic E-state index is 12.8. The number of methoxy groups -OCH3 is 2. The molecule has 8 heteroatoms. The first-order valence-electron chi connectivity index (χ1n) is 8.77. The maximum Gasteiger partial charge on any atom is 0.323 e. The van der Waals surface area contributed by atoms with Gasteiger partial charge in [-0.2, -0.15) is 0 Å². The number of benzene rings is 1. The van der Waals surface area contributed by atoms with Crippen LogP contribution in [0.2, 0.25) is 0 Å². The molecule has 1 atom stereocenters. The molecule has 0 saturated carbocycles. The van der Waals surface area contributed by atoms with E-state index in [-0.39, 0.29) is 11.5 Å². The smallest absolute Gasteiger partial charge is 0.323 e. The number of carbonyl (C=O) groups is 3. The van der Waals surface area contributed by atoms with Gasteiger partial charge in [-0.25, -0.2) is 0 Å². The monoisotopic (exact) mass is 380 g/mol. The second kappa shape index (κ2) is 10.4. The zero-order valence-corrected chi connectivity index (χ0v) is 16.4. The van der Waals surface area contributed by atoms with Crippen molar-refractivity contribution >= 4 is 17.8 Å². The molecule has 2 amide bonds. The number of ether oxygens (including phenoxy) is 2. The molecule has 0 radical (unpaired) electrons. The summed E-state index contributed by atoms with van der Waals surface area (Å²) in [4.78, 5) is 37.8. The van der Waals surface area contributed by atoms with E-state index in [4.69, 9.17) is 14.6 Å². The van der Waals surface area contributed by atoms with Crippen molar-refractivity contribution in [3.05, 3.63) is 23.8 Å². The number of carbonyl (C=O) groups excluding carboxylic acids is 2. The summed E-state index contributed by atoms with van der Waals surface area (Å²) in [5, 5.41) is 11.8. The summed E-state index contributed by atoms with van der Waals surface area (Å²) in [5.41, 5.74) is 0.282. The molecule has 0 heterocycles. The lowest BCUT2D eigenvalue weighted by Gasteiger charge is -2.28. The molecule has 27 heavy (non-hydrogen) atoms. The lowest BCUT2D eigenvalue weighted by molar-refractivity contribution is -0.145.